The molecule has 0 aromatic heterocycles. The van der Waals surface area contributed by atoms with Gasteiger partial charge in [-0.3, -0.25) is 0 Å². The van der Waals surface area contributed by atoms with Crippen LogP contribution in [0.5, 0.6) is 0 Å². The molecule has 0 bridgehead atoms. The largest absolute Gasteiger partial charge is 2.00 e. The summed E-state index contributed by atoms with van der Waals surface area (Å²) < 4.78 is 0. The van der Waals surface area contributed by atoms with Crippen molar-refractivity contribution in [2.75, 3.05) is 0 Å². The molecule has 49 valence electrons. The summed E-state index contributed by atoms with van der Waals surface area (Å²) in [5, 5.41) is 4.48. The van der Waals surface area contributed by atoms with Gasteiger partial charge in [-0.2, -0.15) is 0 Å². The molecule has 0 aromatic rings. The van der Waals surface area contributed by atoms with Crippen molar-refractivity contribution in [1.29, 1.82) is 0 Å². The van der Waals surface area contributed by atoms with Crippen molar-refractivity contribution < 1.29 is 16.8 Å². The van der Waals surface area contributed by atoms with E-state index in [2.05, 4.69) is 20.8 Å². The predicted octanol–water partition coefficient (Wildman–Crippen LogP) is 2.54. The van der Waals surface area contributed by atoms with E-state index in [0.29, 0.717) is 0 Å². The topological polar surface area (TPSA) is 0 Å². The van der Waals surface area contributed by atoms with Crippen LogP contribution < -0.4 is 0 Å². The van der Waals surface area contributed by atoms with Crippen molar-refractivity contribution in [1.82, 2.24) is 0 Å². The Morgan fingerprint density at radius 2 is 1.12 bits per heavy atom. The maximum atomic E-state index is 2.32. The third-order valence-corrected chi connectivity index (χ3v) is 5.20. The SMILES string of the molecule is C[CH2][Al]([CH2]C)[CH2]C.[Co+2]. The molecule has 0 aliphatic carbocycles. The molecule has 0 amide bonds. The fourth-order valence-electron chi connectivity index (χ4n) is 0.866. The van der Waals surface area contributed by atoms with Gasteiger partial charge in [0.15, 0.2) is 0 Å². The van der Waals surface area contributed by atoms with Gasteiger partial charge in [-0.05, 0) is 0 Å². The summed E-state index contributed by atoms with van der Waals surface area (Å²) >= 11 is -0.171. The molecule has 0 heterocycles. The minimum absolute atomic E-state index is 0. The van der Waals surface area contributed by atoms with Gasteiger partial charge in [0, 0.05) is 0 Å². The van der Waals surface area contributed by atoms with Gasteiger partial charge < -0.3 is 0 Å². The van der Waals surface area contributed by atoms with Crippen LogP contribution in [-0.4, -0.2) is 14.1 Å². The molecule has 0 saturated carbocycles. The molecule has 8 heavy (non-hydrogen) atoms. The molecule has 0 nitrogen and oxygen atoms in total. The van der Waals surface area contributed by atoms with Crippen LogP contribution in [0.2, 0.25) is 15.8 Å². The smallest absolute Gasteiger partial charge is 0.0967 e. The van der Waals surface area contributed by atoms with E-state index in [-0.39, 0.29) is 30.9 Å². The second kappa shape index (κ2) is 8.04. The van der Waals surface area contributed by atoms with E-state index in [4.69, 9.17) is 0 Å². The van der Waals surface area contributed by atoms with E-state index < -0.39 is 0 Å². The van der Waals surface area contributed by atoms with Crippen molar-refractivity contribution in [3.05, 3.63) is 0 Å². The van der Waals surface area contributed by atoms with Gasteiger partial charge in [-0.15, -0.1) is 0 Å². The van der Waals surface area contributed by atoms with Gasteiger partial charge >= 0.3 is 16.8 Å². The van der Waals surface area contributed by atoms with Gasteiger partial charge in [-0.25, -0.2) is 0 Å². The molecule has 0 aromatic carbocycles. The van der Waals surface area contributed by atoms with Crippen LogP contribution in [0.25, 0.3) is 0 Å². The monoisotopic (exact) mass is 173 g/mol. The van der Waals surface area contributed by atoms with Crippen LogP contribution in [-0.2, 0) is 16.8 Å². The van der Waals surface area contributed by atoms with Crippen LogP contribution in [0.4, 0.5) is 0 Å². The molecule has 0 N–H and O–H groups in total. The van der Waals surface area contributed by atoms with Crippen molar-refractivity contribution >= 4 is 14.1 Å². The molecular formula is C6H15AlCo+2. The van der Waals surface area contributed by atoms with Crippen molar-refractivity contribution in [3.63, 3.8) is 0 Å². The van der Waals surface area contributed by atoms with Crippen molar-refractivity contribution in [3.8, 4) is 0 Å². The van der Waals surface area contributed by atoms with Crippen LogP contribution >= 0.6 is 0 Å². The van der Waals surface area contributed by atoms with Gasteiger partial charge in [-0.1, -0.05) is 36.6 Å². The van der Waals surface area contributed by atoms with Crippen LogP contribution in [0.1, 0.15) is 20.8 Å². The Balaban J connectivity index is 0. The summed E-state index contributed by atoms with van der Waals surface area (Å²) in [5.41, 5.74) is 0. The number of hydrogen-bond acceptors (Lipinski definition) is 0. The first kappa shape index (κ1) is 11.8. The second-order valence-electron chi connectivity index (χ2n) is 2.09. The predicted molar refractivity (Wildman–Crippen MR) is 37.2 cm³/mol. The molecule has 0 rings (SSSR count). The van der Waals surface area contributed by atoms with Crippen LogP contribution in [0, 0.1) is 0 Å². The maximum absolute atomic E-state index is 2.32. The molecule has 0 saturated heterocycles. The van der Waals surface area contributed by atoms with Crippen molar-refractivity contribution in [2.45, 2.75) is 36.6 Å². The summed E-state index contributed by atoms with van der Waals surface area (Å²) in [4.78, 5) is 0. The summed E-state index contributed by atoms with van der Waals surface area (Å²) in [7, 11) is 0. The molecule has 1 radical (unpaired) electrons. The van der Waals surface area contributed by atoms with E-state index in [9.17, 15) is 0 Å². The Morgan fingerprint density at radius 1 is 0.875 bits per heavy atom. The summed E-state index contributed by atoms with van der Waals surface area (Å²) in [6.07, 6.45) is 0. The minimum Gasteiger partial charge on any atom is -0.0967 e. The molecule has 0 atom stereocenters. The van der Waals surface area contributed by atoms with Gasteiger partial charge in [0.05, 0.1) is 0 Å². The Bertz CT molecular complexity index is 30.0. The zero-order chi connectivity index (χ0) is 5.70. The van der Waals surface area contributed by atoms with Gasteiger partial charge in [0.25, 0.3) is 14.1 Å². The Labute approximate surface area is 67.6 Å². The summed E-state index contributed by atoms with van der Waals surface area (Å²) in [5.74, 6) is 0. The van der Waals surface area contributed by atoms with Gasteiger partial charge in [0.2, 0.25) is 0 Å². The summed E-state index contributed by atoms with van der Waals surface area (Å²) in [6, 6.07) is 0. The Hall–Kier alpha value is 1.04. The first-order chi connectivity index (χ1) is 3.35. The average molecular weight is 173 g/mol. The maximum Gasteiger partial charge on any atom is 2.00 e. The zero-order valence-electron chi connectivity index (χ0n) is 6.03. The quantitative estimate of drug-likeness (QED) is 0.575. The second-order valence-corrected chi connectivity index (χ2v) is 6.27. The third kappa shape index (κ3) is 5.18. The van der Waals surface area contributed by atoms with Gasteiger partial charge in [0.1, 0.15) is 0 Å². The molecule has 0 spiro atoms. The van der Waals surface area contributed by atoms with E-state index >= 15 is 0 Å². The molecular weight excluding hydrogens is 158 g/mol. The minimum atomic E-state index is -0.171. The molecule has 0 aliphatic rings. The van der Waals surface area contributed by atoms with Crippen LogP contribution in [0.3, 0.4) is 0 Å². The Kier molecular flexibility index (Phi) is 11.8. The zero-order valence-corrected chi connectivity index (χ0v) is 8.23. The molecule has 2 heteroatoms. The number of rotatable bonds is 3. The standard InChI is InChI=1S/3C2H5.Al.Co/c3*1-2;;/h3*1H2,2H3;;/q;;;;+2. The molecule has 0 unspecified atom stereocenters. The van der Waals surface area contributed by atoms with E-state index in [1.807, 2.05) is 0 Å². The average Bonchev–Trinajstić information content (AvgIpc) is 1.72. The fourth-order valence-corrected chi connectivity index (χ4v) is 2.60. The van der Waals surface area contributed by atoms with E-state index in [0.717, 1.165) is 0 Å². The van der Waals surface area contributed by atoms with Crippen molar-refractivity contribution in [2.24, 2.45) is 0 Å². The molecule has 0 fully saturated rings. The van der Waals surface area contributed by atoms with E-state index in [1.165, 1.54) is 15.8 Å². The number of hydrogen-bond donors (Lipinski definition) is 0. The van der Waals surface area contributed by atoms with Crippen LogP contribution in [0.15, 0.2) is 0 Å². The first-order valence-electron chi connectivity index (χ1n) is 3.35. The third-order valence-electron chi connectivity index (χ3n) is 1.73. The first-order valence-corrected chi connectivity index (χ1v) is 5.80. The molecule has 0 aliphatic heterocycles. The van der Waals surface area contributed by atoms with E-state index in [1.54, 1.807) is 0 Å². The normalized spacial score (nSPS) is 7.88. The Morgan fingerprint density at radius 3 is 1.12 bits per heavy atom. The fraction of sp³-hybridized carbons (Fsp3) is 1.00. The summed E-state index contributed by atoms with van der Waals surface area (Å²) in [6.45, 7) is 6.97.